The summed E-state index contributed by atoms with van der Waals surface area (Å²) in [5, 5.41) is 0. The zero-order chi connectivity index (χ0) is 9.68. The van der Waals surface area contributed by atoms with Crippen LogP contribution < -0.4 is 0 Å². The molecule has 0 spiro atoms. The Hall–Kier alpha value is -0.850. The highest BCUT2D eigenvalue weighted by Crippen LogP contribution is 2.12. The minimum Gasteiger partial charge on any atom is -0.207 e. The standard InChI is InChI=1S/C12H16F/c1-3-4-5-6-11-8-7-10(2)9-12(11)13/h5,7-9H,3-4,6H2,1-2H3. The van der Waals surface area contributed by atoms with E-state index in [9.17, 15) is 4.39 Å². The van der Waals surface area contributed by atoms with Crippen molar-refractivity contribution in [1.29, 1.82) is 0 Å². The van der Waals surface area contributed by atoms with Crippen LogP contribution in [0.15, 0.2) is 18.2 Å². The van der Waals surface area contributed by atoms with Crippen LogP contribution in [0.25, 0.3) is 0 Å². The molecule has 1 radical (unpaired) electrons. The van der Waals surface area contributed by atoms with Gasteiger partial charge in [0.2, 0.25) is 0 Å². The molecule has 0 aliphatic rings. The Bertz CT molecular complexity index is 266. The summed E-state index contributed by atoms with van der Waals surface area (Å²) in [5.41, 5.74) is 1.79. The van der Waals surface area contributed by atoms with E-state index in [0.717, 1.165) is 30.4 Å². The summed E-state index contributed by atoms with van der Waals surface area (Å²) in [7, 11) is 0. The molecule has 0 bridgehead atoms. The fourth-order valence-corrected chi connectivity index (χ4v) is 1.28. The van der Waals surface area contributed by atoms with Gasteiger partial charge in [0.05, 0.1) is 0 Å². The van der Waals surface area contributed by atoms with Gasteiger partial charge in [-0.05, 0) is 37.0 Å². The SMILES string of the molecule is CCC[CH]Cc1ccc(C)cc1F. The summed E-state index contributed by atoms with van der Waals surface area (Å²) in [6.07, 6.45) is 5.08. The maximum Gasteiger partial charge on any atom is 0.126 e. The Morgan fingerprint density at radius 1 is 1.38 bits per heavy atom. The summed E-state index contributed by atoms with van der Waals surface area (Å²) >= 11 is 0. The van der Waals surface area contributed by atoms with Gasteiger partial charge in [0.1, 0.15) is 5.82 Å². The molecule has 0 amide bonds. The summed E-state index contributed by atoms with van der Waals surface area (Å²) in [6, 6.07) is 5.42. The first kappa shape index (κ1) is 10.2. The first-order chi connectivity index (χ1) is 6.24. The molecule has 0 nitrogen and oxygen atoms in total. The molecule has 1 aromatic rings. The fourth-order valence-electron chi connectivity index (χ4n) is 1.28. The maximum atomic E-state index is 13.3. The first-order valence-electron chi connectivity index (χ1n) is 4.80. The van der Waals surface area contributed by atoms with Crippen molar-refractivity contribution in [1.82, 2.24) is 0 Å². The Balaban J connectivity index is 2.56. The number of hydrogen-bond donors (Lipinski definition) is 0. The summed E-state index contributed by atoms with van der Waals surface area (Å²) in [5.74, 6) is -0.0765. The van der Waals surface area contributed by atoms with Crippen molar-refractivity contribution in [2.24, 2.45) is 0 Å². The van der Waals surface area contributed by atoms with Crippen LogP contribution in [0.2, 0.25) is 0 Å². The van der Waals surface area contributed by atoms with Gasteiger partial charge in [-0.25, -0.2) is 4.39 Å². The smallest absolute Gasteiger partial charge is 0.126 e. The van der Waals surface area contributed by atoms with E-state index in [1.54, 1.807) is 6.07 Å². The topological polar surface area (TPSA) is 0 Å². The molecule has 1 aromatic carbocycles. The Labute approximate surface area is 79.8 Å². The van der Waals surface area contributed by atoms with E-state index in [1.165, 1.54) is 0 Å². The lowest BCUT2D eigenvalue weighted by molar-refractivity contribution is 0.610. The Morgan fingerprint density at radius 3 is 2.77 bits per heavy atom. The number of hydrogen-bond acceptors (Lipinski definition) is 0. The van der Waals surface area contributed by atoms with E-state index >= 15 is 0 Å². The third-order valence-electron chi connectivity index (χ3n) is 2.07. The van der Waals surface area contributed by atoms with Gasteiger partial charge in [0.25, 0.3) is 0 Å². The van der Waals surface area contributed by atoms with Gasteiger partial charge in [-0.3, -0.25) is 0 Å². The minimum absolute atomic E-state index is 0.0765. The average Bonchev–Trinajstić information content (AvgIpc) is 2.09. The molecule has 0 aliphatic carbocycles. The third-order valence-corrected chi connectivity index (χ3v) is 2.07. The first-order valence-corrected chi connectivity index (χ1v) is 4.80. The molecule has 0 fully saturated rings. The number of rotatable bonds is 4. The molecule has 0 aromatic heterocycles. The van der Waals surface area contributed by atoms with Crippen LogP contribution in [0.4, 0.5) is 4.39 Å². The van der Waals surface area contributed by atoms with Crippen molar-refractivity contribution in [3.8, 4) is 0 Å². The molecule has 0 atom stereocenters. The minimum atomic E-state index is -0.0765. The van der Waals surface area contributed by atoms with Crippen LogP contribution in [0.3, 0.4) is 0 Å². The largest absolute Gasteiger partial charge is 0.207 e. The second kappa shape index (κ2) is 5.00. The van der Waals surface area contributed by atoms with Crippen LogP contribution >= 0.6 is 0 Å². The van der Waals surface area contributed by atoms with Crippen molar-refractivity contribution in [3.63, 3.8) is 0 Å². The van der Waals surface area contributed by atoms with E-state index in [1.807, 2.05) is 19.1 Å². The van der Waals surface area contributed by atoms with Gasteiger partial charge in [-0.15, -0.1) is 0 Å². The van der Waals surface area contributed by atoms with Crippen LogP contribution in [0.1, 0.15) is 30.9 Å². The van der Waals surface area contributed by atoms with Crippen LogP contribution in [-0.4, -0.2) is 0 Å². The highest BCUT2D eigenvalue weighted by molar-refractivity contribution is 5.24. The third kappa shape index (κ3) is 3.17. The normalized spacial score (nSPS) is 10.4. The molecule has 1 heteroatoms. The number of aryl methyl sites for hydroxylation is 1. The van der Waals surface area contributed by atoms with Crippen molar-refractivity contribution in [2.75, 3.05) is 0 Å². The summed E-state index contributed by atoms with van der Waals surface area (Å²) in [4.78, 5) is 0. The summed E-state index contributed by atoms with van der Waals surface area (Å²) < 4.78 is 13.3. The van der Waals surface area contributed by atoms with Gasteiger partial charge in [0.15, 0.2) is 0 Å². The van der Waals surface area contributed by atoms with Gasteiger partial charge in [-0.2, -0.15) is 0 Å². The van der Waals surface area contributed by atoms with Crippen LogP contribution in [-0.2, 0) is 6.42 Å². The van der Waals surface area contributed by atoms with Crippen molar-refractivity contribution in [3.05, 3.63) is 41.6 Å². The van der Waals surface area contributed by atoms with Crippen molar-refractivity contribution < 1.29 is 4.39 Å². The van der Waals surface area contributed by atoms with E-state index < -0.39 is 0 Å². The maximum absolute atomic E-state index is 13.3. The van der Waals surface area contributed by atoms with E-state index in [-0.39, 0.29) is 5.82 Å². The highest BCUT2D eigenvalue weighted by Gasteiger charge is 2.00. The lowest BCUT2D eigenvalue weighted by Gasteiger charge is -2.02. The zero-order valence-electron chi connectivity index (χ0n) is 8.31. The van der Waals surface area contributed by atoms with E-state index in [2.05, 4.69) is 13.3 Å². The van der Waals surface area contributed by atoms with Crippen molar-refractivity contribution >= 4 is 0 Å². The average molecular weight is 179 g/mol. The van der Waals surface area contributed by atoms with E-state index in [0.29, 0.717) is 0 Å². The molecule has 0 aliphatic heterocycles. The predicted molar refractivity (Wildman–Crippen MR) is 54.0 cm³/mol. The lowest BCUT2D eigenvalue weighted by Crippen LogP contribution is -1.91. The van der Waals surface area contributed by atoms with Crippen molar-refractivity contribution in [2.45, 2.75) is 33.1 Å². The van der Waals surface area contributed by atoms with Crippen LogP contribution in [0, 0.1) is 19.2 Å². The molecule has 0 saturated heterocycles. The Kier molecular flexibility index (Phi) is 3.94. The molecular formula is C12H16F. The zero-order valence-corrected chi connectivity index (χ0v) is 8.31. The molecule has 0 saturated carbocycles. The number of benzene rings is 1. The molecule has 71 valence electrons. The Morgan fingerprint density at radius 2 is 2.15 bits per heavy atom. The monoisotopic (exact) mass is 179 g/mol. The van der Waals surface area contributed by atoms with Gasteiger partial charge < -0.3 is 0 Å². The highest BCUT2D eigenvalue weighted by atomic mass is 19.1. The molecule has 1 rings (SSSR count). The summed E-state index contributed by atoms with van der Waals surface area (Å²) in [6.45, 7) is 4.03. The van der Waals surface area contributed by atoms with Gasteiger partial charge in [0, 0.05) is 0 Å². The van der Waals surface area contributed by atoms with Crippen LogP contribution in [0.5, 0.6) is 0 Å². The van der Waals surface area contributed by atoms with Gasteiger partial charge >= 0.3 is 0 Å². The molecular weight excluding hydrogens is 163 g/mol. The quantitative estimate of drug-likeness (QED) is 0.618. The molecule has 0 heterocycles. The second-order valence-electron chi connectivity index (χ2n) is 3.38. The fraction of sp³-hybridized carbons (Fsp3) is 0.417. The molecule has 13 heavy (non-hydrogen) atoms. The second-order valence-corrected chi connectivity index (χ2v) is 3.38. The van der Waals surface area contributed by atoms with Gasteiger partial charge in [-0.1, -0.05) is 31.9 Å². The number of halogens is 1. The molecule has 0 unspecified atom stereocenters. The molecule has 0 N–H and O–H groups in total. The lowest BCUT2D eigenvalue weighted by atomic mass is 10.1. The number of unbranched alkanes of at least 4 members (excludes halogenated alkanes) is 2. The predicted octanol–water partition coefficient (Wildman–Crippen LogP) is 3.68. The van der Waals surface area contributed by atoms with E-state index in [4.69, 9.17) is 0 Å².